The zero-order valence-corrected chi connectivity index (χ0v) is 18.7. The number of fused-ring (bicyclic) bond motifs is 1. The van der Waals surface area contributed by atoms with Crippen LogP contribution < -0.4 is 10.6 Å². The number of carbonyl (C=O) groups is 2. The molecule has 1 heterocycles. The summed E-state index contributed by atoms with van der Waals surface area (Å²) in [6.45, 7) is 3.76. The molecule has 0 aliphatic heterocycles. The van der Waals surface area contributed by atoms with E-state index < -0.39 is 0 Å². The molecule has 2 amide bonds. The molecule has 0 aliphatic rings. The fraction of sp³-hybridized carbons (Fsp3) is 0.160. The predicted octanol–water partition coefficient (Wildman–Crippen LogP) is 5.11. The number of aromatic nitrogens is 1. The van der Waals surface area contributed by atoms with Crippen molar-refractivity contribution in [1.29, 1.82) is 0 Å². The van der Waals surface area contributed by atoms with Gasteiger partial charge in [0.25, 0.3) is 11.1 Å². The number of amides is 2. The van der Waals surface area contributed by atoms with E-state index in [0.717, 1.165) is 33.5 Å². The van der Waals surface area contributed by atoms with Gasteiger partial charge in [-0.2, -0.15) is 0 Å². The molecular weight excluding hydrogens is 422 g/mol. The third-order valence-electron chi connectivity index (χ3n) is 5.04. The Morgan fingerprint density at radius 3 is 2.44 bits per heavy atom. The molecule has 4 rings (SSSR count). The molecule has 3 aromatic carbocycles. The number of hydrogen-bond donors (Lipinski definition) is 2. The van der Waals surface area contributed by atoms with Crippen molar-refractivity contribution in [2.75, 3.05) is 11.9 Å². The molecule has 0 fully saturated rings. The Morgan fingerprint density at radius 1 is 0.938 bits per heavy atom. The summed E-state index contributed by atoms with van der Waals surface area (Å²) in [5.74, 6) is -0.0464. The van der Waals surface area contributed by atoms with Crippen LogP contribution in [0.3, 0.4) is 0 Å². The maximum atomic E-state index is 12.8. The van der Waals surface area contributed by atoms with Crippen molar-refractivity contribution in [2.24, 2.45) is 0 Å². The van der Waals surface area contributed by atoms with Crippen LogP contribution >= 0.6 is 11.8 Å². The summed E-state index contributed by atoms with van der Waals surface area (Å²) in [5.41, 5.74) is 5.63. The molecule has 0 radical (unpaired) electrons. The van der Waals surface area contributed by atoms with Crippen LogP contribution in [0.1, 0.15) is 27.0 Å². The van der Waals surface area contributed by atoms with E-state index in [1.165, 1.54) is 11.8 Å². The fourth-order valence-electron chi connectivity index (χ4n) is 3.37. The lowest BCUT2D eigenvalue weighted by atomic mass is 10.1. The standard InChI is InChI=1S/C25H23N3O3S/c1-16-8-7-9-17(2)23(16)28-22(29)14-26-24(30)19-11-4-3-10-18(19)15-32-25-27-20-12-5-6-13-21(20)31-25/h3-13H,14-15H2,1-2H3,(H,26,30)(H,28,29). The first kappa shape index (κ1) is 21.6. The lowest BCUT2D eigenvalue weighted by Crippen LogP contribution is -2.33. The van der Waals surface area contributed by atoms with E-state index in [2.05, 4.69) is 15.6 Å². The summed E-state index contributed by atoms with van der Waals surface area (Å²) >= 11 is 1.42. The summed E-state index contributed by atoms with van der Waals surface area (Å²) < 4.78 is 5.74. The van der Waals surface area contributed by atoms with Crippen LogP contribution in [0.5, 0.6) is 0 Å². The van der Waals surface area contributed by atoms with E-state index in [4.69, 9.17) is 4.42 Å². The quantitative estimate of drug-likeness (QED) is 0.387. The number of nitrogens with one attached hydrogen (secondary N) is 2. The topological polar surface area (TPSA) is 84.2 Å². The third-order valence-corrected chi connectivity index (χ3v) is 5.92. The van der Waals surface area contributed by atoms with Gasteiger partial charge in [0.15, 0.2) is 5.58 Å². The van der Waals surface area contributed by atoms with E-state index in [-0.39, 0.29) is 18.4 Å². The Hall–Kier alpha value is -3.58. The van der Waals surface area contributed by atoms with Gasteiger partial charge < -0.3 is 15.1 Å². The Morgan fingerprint density at radius 2 is 1.66 bits per heavy atom. The van der Waals surface area contributed by atoms with Gasteiger partial charge >= 0.3 is 0 Å². The minimum Gasteiger partial charge on any atom is -0.431 e. The number of aryl methyl sites for hydroxylation is 2. The monoisotopic (exact) mass is 445 g/mol. The van der Waals surface area contributed by atoms with Crippen LogP contribution in [0.2, 0.25) is 0 Å². The first-order valence-electron chi connectivity index (χ1n) is 10.2. The van der Waals surface area contributed by atoms with Crippen molar-refractivity contribution in [3.8, 4) is 0 Å². The highest BCUT2D eigenvalue weighted by molar-refractivity contribution is 7.98. The summed E-state index contributed by atoms with van der Waals surface area (Å²) in [5, 5.41) is 6.15. The van der Waals surface area contributed by atoms with E-state index in [1.807, 2.05) is 68.4 Å². The second kappa shape index (κ2) is 9.70. The second-order valence-corrected chi connectivity index (χ2v) is 8.32. The number of benzene rings is 3. The van der Waals surface area contributed by atoms with Crippen molar-refractivity contribution >= 4 is 40.4 Å². The highest BCUT2D eigenvalue weighted by atomic mass is 32.2. The molecule has 0 saturated heterocycles. The van der Waals surface area contributed by atoms with Crippen molar-refractivity contribution < 1.29 is 14.0 Å². The number of thioether (sulfide) groups is 1. The van der Waals surface area contributed by atoms with Crippen LogP contribution in [0, 0.1) is 13.8 Å². The highest BCUT2D eigenvalue weighted by Gasteiger charge is 2.15. The molecule has 2 N–H and O–H groups in total. The Bertz CT molecular complexity index is 1230. The minimum atomic E-state index is -0.296. The zero-order valence-electron chi connectivity index (χ0n) is 17.8. The first-order chi connectivity index (χ1) is 15.5. The largest absolute Gasteiger partial charge is 0.431 e. The van der Waals surface area contributed by atoms with Crippen LogP contribution in [0.15, 0.2) is 76.4 Å². The van der Waals surface area contributed by atoms with Crippen LogP contribution in [-0.2, 0) is 10.5 Å². The second-order valence-electron chi connectivity index (χ2n) is 7.39. The van der Waals surface area contributed by atoms with Gasteiger partial charge in [-0.1, -0.05) is 60.3 Å². The zero-order chi connectivity index (χ0) is 22.5. The lowest BCUT2D eigenvalue weighted by molar-refractivity contribution is -0.115. The predicted molar refractivity (Wildman–Crippen MR) is 127 cm³/mol. The lowest BCUT2D eigenvalue weighted by Gasteiger charge is -2.13. The van der Waals surface area contributed by atoms with Crippen molar-refractivity contribution in [3.05, 3.63) is 89.0 Å². The summed E-state index contributed by atoms with van der Waals surface area (Å²) in [7, 11) is 0. The van der Waals surface area contributed by atoms with Gasteiger partial charge in [0.05, 0.1) is 6.54 Å². The summed E-state index contributed by atoms with van der Waals surface area (Å²) in [4.78, 5) is 29.6. The smallest absolute Gasteiger partial charge is 0.257 e. The molecule has 162 valence electrons. The van der Waals surface area contributed by atoms with E-state index in [9.17, 15) is 9.59 Å². The van der Waals surface area contributed by atoms with Crippen molar-refractivity contribution in [1.82, 2.24) is 10.3 Å². The molecule has 0 aliphatic carbocycles. The van der Waals surface area contributed by atoms with Crippen LogP contribution in [-0.4, -0.2) is 23.3 Å². The van der Waals surface area contributed by atoms with Gasteiger partial charge in [0.1, 0.15) is 5.52 Å². The maximum absolute atomic E-state index is 12.8. The minimum absolute atomic E-state index is 0.112. The molecular formula is C25H23N3O3S. The number of para-hydroxylation sites is 3. The molecule has 0 spiro atoms. The van der Waals surface area contributed by atoms with Crippen LogP contribution in [0.25, 0.3) is 11.1 Å². The number of nitrogens with zero attached hydrogens (tertiary/aromatic N) is 1. The maximum Gasteiger partial charge on any atom is 0.257 e. The van der Waals surface area contributed by atoms with Crippen LogP contribution in [0.4, 0.5) is 5.69 Å². The Balaban J connectivity index is 1.38. The third kappa shape index (κ3) is 5.00. The van der Waals surface area contributed by atoms with Gasteiger partial charge in [0.2, 0.25) is 5.91 Å². The molecule has 0 atom stereocenters. The summed E-state index contributed by atoms with van der Waals surface area (Å²) in [6, 6.07) is 20.7. The van der Waals surface area contributed by atoms with E-state index in [1.54, 1.807) is 12.1 Å². The molecule has 0 bridgehead atoms. The van der Waals surface area contributed by atoms with Gasteiger partial charge in [0, 0.05) is 17.0 Å². The fourth-order valence-corrected chi connectivity index (χ4v) is 4.21. The molecule has 4 aromatic rings. The normalized spacial score (nSPS) is 10.8. The number of oxazole rings is 1. The molecule has 7 heteroatoms. The number of anilines is 1. The van der Waals surface area contributed by atoms with Crippen molar-refractivity contribution in [2.45, 2.75) is 24.8 Å². The van der Waals surface area contributed by atoms with E-state index in [0.29, 0.717) is 16.5 Å². The molecule has 1 aromatic heterocycles. The molecule has 6 nitrogen and oxygen atoms in total. The average Bonchev–Trinajstić information content (AvgIpc) is 3.22. The highest BCUT2D eigenvalue weighted by Crippen LogP contribution is 2.27. The Kier molecular flexibility index (Phi) is 6.56. The number of rotatable bonds is 7. The van der Waals surface area contributed by atoms with E-state index >= 15 is 0 Å². The van der Waals surface area contributed by atoms with Gasteiger partial charge in [-0.15, -0.1) is 0 Å². The number of carbonyl (C=O) groups excluding carboxylic acids is 2. The Labute approximate surface area is 190 Å². The van der Waals surface area contributed by atoms with Gasteiger partial charge in [-0.05, 0) is 48.7 Å². The molecule has 0 saturated carbocycles. The summed E-state index contributed by atoms with van der Waals surface area (Å²) in [6.07, 6.45) is 0. The first-order valence-corrected chi connectivity index (χ1v) is 11.2. The number of hydrogen-bond acceptors (Lipinski definition) is 5. The SMILES string of the molecule is Cc1cccc(C)c1NC(=O)CNC(=O)c1ccccc1CSc1nc2ccccc2o1. The van der Waals surface area contributed by atoms with Crippen molar-refractivity contribution in [3.63, 3.8) is 0 Å². The van der Waals surface area contributed by atoms with Gasteiger partial charge in [-0.3, -0.25) is 9.59 Å². The molecule has 0 unspecified atom stereocenters. The molecule has 32 heavy (non-hydrogen) atoms. The van der Waals surface area contributed by atoms with Gasteiger partial charge in [-0.25, -0.2) is 4.98 Å². The average molecular weight is 446 g/mol.